The number of pyridine rings is 2. The van der Waals surface area contributed by atoms with Crippen LogP contribution >= 0.6 is 0 Å². The molecule has 0 aliphatic rings. The number of nitrogens with two attached hydrogens (primary N) is 1. The highest BCUT2D eigenvalue weighted by Crippen LogP contribution is 2.32. The first-order valence-electron chi connectivity index (χ1n) is 10.5. The van der Waals surface area contributed by atoms with Gasteiger partial charge in [-0.1, -0.05) is 12.1 Å². The minimum Gasteiger partial charge on any atom is -0.444 e. The first kappa shape index (κ1) is 22.1. The van der Waals surface area contributed by atoms with Crippen LogP contribution in [0.1, 0.15) is 26.3 Å². The van der Waals surface area contributed by atoms with Gasteiger partial charge in [-0.25, -0.2) is 9.78 Å². The number of aryl methyl sites for hydroxylation is 1. The molecule has 0 atom stereocenters. The minimum atomic E-state index is -0.635. The van der Waals surface area contributed by atoms with E-state index in [0.29, 0.717) is 29.4 Å². The third-order valence-corrected chi connectivity index (χ3v) is 4.82. The van der Waals surface area contributed by atoms with Gasteiger partial charge in [0, 0.05) is 36.9 Å². The summed E-state index contributed by atoms with van der Waals surface area (Å²) in [7, 11) is 1.83. The Hall–Kier alpha value is -4.14. The van der Waals surface area contributed by atoms with Crippen molar-refractivity contribution in [3.05, 3.63) is 60.6 Å². The molecule has 0 saturated carbocycles. The lowest BCUT2D eigenvalue weighted by Crippen LogP contribution is -2.27. The number of amides is 1. The molecule has 33 heavy (non-hydrogen) atoms. The Morgan fingerprint density at radius 2 is 2.03 bits per heavy atom. The molecule has 0 aliphatic heterocycles. The molecule has 1 amide bonds. The average molecular weight is 446 g/mol. The van der Waals surface area contributed by atoms with Crippen molar-refractivity contribution in [2.24, 2.45) is 7.05 Å². The standard InChI is InChI=1S/C24H27N7O2/c1-24(2,3)33-23(32)30-20-11-19(17-13-28-31(4)14-17)29-22(21(20)25)27-12-15-7-8-18-16(10-15)6-5-9-26-18/h5-11,13-14H,12,25H2,1-4H3,(H2,27,29,30,32). The quantitative estimate of drug-likeness (QED) is 0.411. The van der Waals surface area contributed by atoms with Gasteiger partial charge in [-0.05, 0) is 50.6 Å². The maximum absolute atomic E-state index is 12.4. The molecule has 0 bridgehead atoms. The van der Waals surface area contributed by atoms with Crippen LogP contribution < -0.4 is 16.4 Å². The van der Waals surface area contributed by atoms with Crippen LogP contribution in [0.25, 0.3) is 22.2 Å². The lowest BCUT2D eigenvalue weighted by Gasteiger charge is -2.21. The highest BCUT2D eigenvalue weighted by molar-refractivity contribution is 5.93. The summed E-state index contributed by atoms with van der Waals surface area (Å²) in [5, 5.41) is 11.3. The summed E-state index contributed by atoms with van der Waals surface area (Å²) in [5.41, 5.74) is 9.86. The summed E-state index contributed by atoms with van der Waals surface area (Å²) in [6, 6.07) is 11.7. The van der Waals surface area contributed by atoms with Gasteiger partial charge in [0.2, 0.25) is 0 Å². The number of nitrogens with one attached hydrogen (secondary N) is 2. The van der Waals surface area contributed by atoms with Crippen LogP contribution in [0.15, 0.2) is 55.0 Å². The fourth-order valence-electron chi connectivity index (χ4n) is 3.33. The van der Waals surface area contributed by atoms with Crippen LogP contribution in [0.4, 0.5) is 22.0 Å². The van der Waals surface area contributed by atoms with Gasteiger partial charge in [0.1, 0.15) is 5.60 Å². The summed E-state index contributed by atoms with van der Waals surface area (Å²) >= 11 is 0. The summed E-state index contributed by atoms with van der Waals surface area (Å²) < 4.78 is 7.07. The molecule has 0 fully saturated rings. The van der Waals surface area contributed by atoms with Crippen LogP contribution in [0.2, 0.25) is 0 Å². The van der Waals surface area contributed by atoms with Gasteiger partial charge in [0.05, 0.1) is 28.8 Å². The number of carbonyl (C=O) groups excluding carboxylic acids is 1. The van der Waals surface area contributed by atoms with Crippen LogP contribution in [0.5, 0.6) is 0 Å². The van der Waals surface area contributed by atoms with Gasteiger partial charge in [-0.3, -0.25) is 15.0 Å². The number of aromatic nitrogens is 4. The molecule has 0 saturated heterocycles. The van der Waals surface area contributed by atoms with Crippen LogP contribution in [-0.4, -0.2) is 31.4 Å². The Balaban J connectivity index is 1.64. The molecule has 4 rings (SSSR count). The summed E-state index contributed by atoms with van der Waals surface area (Å²) in [6.45, 7) is 5.89. The zero-order valence-corrected chi connectivity index (χ0v) is 19.1. The first-order chi connectivity index (χ1) is 15.7. The molecule has 0 radical (unpaired) electrons. The second-order valence-electron chi connectivity index (χ2n) is 8.73. The number of rotatable bonds is 5. The lowest BCUT2D eigenvalue weighted by atomic mass is 10.1. The third-order valence-electron chi connectivity index (χ3n) is 4.82. The zero-order valence-electron chi connectivity index (χ0n) is 19.1. The van der Waals surface area contributed by atoms with Crippen molar-refractivity contribution in [3.8, 4) is 11.3 Å². The molecule has 170 valence electrons. The Labute approximate surface area is 192 Å². The number of anilines is 3. The summed E-state index contributed by atoms with van der Waals surface area (Å²) in [5.74, 6) is 0.452. The lowest BCUT2D eigenvalue weighted by molar-refractivity contribution is 0.0636. The number of benzene rings is 1. The number of hydrogen-bond donors (Lipinski definition) is 3. The van der Waals surface area contributed by atoms with Crippen molar-refractivity contribution in [3.63, 3.8) is 0 Å². The largest absolute Gasteiger partial charge is 0.444 e. The second-order valence-corrected chi connectivity index (χ2v) is 8.73. The SMILES string of the molecule is Cn1cc(-c2cc(NC(=O)OC(C)(C)C)c(N)c(NCc3ccc4ncccc4c3)n2)cn1. The number of hydrogen-bond acceptors (Lipinski definition) is 7. The highest BCUT2D eigenvalue weighted by Gasteiger charge is 2.19. The van der Waals surface area contributed by atoms with E-state index in [2.05, 4.69) is 31.8 Å². The first-order valence-corrected chi connectivity index (χ1v) is 10.5. The molecule has 0 unspecified atom stereocenters. The fraction of sp³-hybridized carbons (Fsp3) is 0.250. The van der Waals surface area contributed by atoms with Gasteiger partial charge in [-0.15, -0.1) is 0 Å². The molecule has 4 aromatic rings. The normalized spacial score (nSPS) is 11.4. The molecule has 4 N–H and O–H groups in total. The van der Waals surface area contributed by atoms with E-state index in [1.165, 1.54) is 0 Å². The maximum Gasteiger partial charge on any atom is 0.412 e. The molecule has 3 aromatic heterocycles. The predicted octanol–water partition coefficient (Wildman–Crippen LogP) is 4.57. The summed E-state index contributed by atoms with van der Waals surface area (Å²) in [4.78, 5) is 21.4. The number of fused-ring (bicyclic) bond motifs is 1. The van der Waals surface area contributed by atoms with Gasteiger partial charge < -0.3 is 15.8 Å². The van der Waals surface area contributed by atoms with E-state index in [-0.39, 0.29) is 0 Å². The van der Waals surface area contributed by atoms with E-state index in [1.807, 2.05) is 37.5 Å². The van der Waals surface area contributed by atoms with Gasteiger partial charge in [0.25, 0.3) is 0 Å². The fourth-order valence-corrected chi connectivity index (χ4v) is 3.33. The van der Waals surface area contributed by atoms with Gasteiger partial charge in [-0.2, -0.15) is 5.10 Å². The molecule has 3 heterocycles. The maximum atomic E-state index is 12.4. The molecule has 1 aromatic carbocycles. The Morgan fingerprint density at radius 1 is 1.21 bits per heavy atom. The predicted molar refractivity (Wildman–Crippen MR) is 130 cm³/mol. The van der Waals surface area contributed by atoms with Gasteiger partial charge >= 0.3 is 6.09 Å². The molecule has 0 aliphatic carbocycles. The zero-order chi connectivity index (χ0) is 23.6. The topological polar surface area (TPSA) is 120 Å². The number of ether oxygens (including phenoxy) is 1. The van der Waals surface area contributed by atoms with Crippen molar-refractivity contribution in [2.45, 2.75) is 32.9 Å². The molecule has 9 heteroatoms. The van der Waals surface area contributed by atoms with Crippen LogP contribution in [0.3, 0.4) is 0 Å². The van der Waals surface area contributed by atoms with E-state index in [4.69, 9.17) is 10.5 Å². The van der Waals surface area contributed by atoms with Crippen molar-refractivity contribution >= 4 is 34.2 Å². The van der Waals surface area contributed by atoms with E-state index >= 15 is 0 Å². The van der Waals surface area contributed by atoms with E-state index in [9.17, 15) is 4.79 Å². The second kappa shape index (κ2) is 8.78. The minimum absolute atomic E-state index is 0.316. The van der Waals surface area contributed by atoms with Crippen LogP contribution in [0, 0.1) is 0 Å². The Kier molecular flexibility index (Phi) is 5.87. The van der Waals surface area contributed by atoms with Crippen molar-refractivity contribution in [1.29, 1.82) is 0 Å². The van der Waals surface area contributed by atoms with Crippen molar-refractivity contribution < 1.29 is 9.53 Å². The highest BCUT2D eigenvalue weighted by atomic mass is 16.6. The molecule has 0 spiro atoms. The molecular weight excluding hydrogens is 418 g/mol. The van der Waals surface area contributed by atoms with Crippen molar-refractivity contribution in [1.82, 2.24) is 19.7 Å². The average Bonchev–Trinajstić information content (AvgIpc) is 3.19. The van der Waals surface area contributed by atoms with E-state index in [1.54, 1.807) is 43.9 Å². The van der Waals surface area contributed by atoms with E-state index in [0.717, 1.165) is 22.0 Å². The van der Waals surface area contributed by atoms with E-state index < -0.39 is 11.7 Å². The van der Waals surface area contributed by atoms with Crippen LogP contribution in [-0.2, 0) is 18.3 Å². The number of carbonyl (C=O) groups is 1. The molecular formula is C24H27N7O2. The summed E-state index contributed by atoms with van der Waals surface area (Å²) in [6.07, 6.45) is 4.73. The Bertz CT molecular complexity index is 1310. The number of nitrogens with zero attached hydrogens (tertiary/aromatic N) is 4. The Morgan fingerprint density at radius 3 is 2.76 bits per heavy atom. The van der Waals surface area contributed by atoms with Gasteiger partial charge in [0.15, 0.2) is 5.82 Å². The third kappa shape index (κ3) is 5.38. The monoisotopic (exact) mass is 445 g/mol. The van der Waals surface area contributed by atoms with Crippen molar-refractivity contribution in [2.75, 3.05) is 16.4 Å². The number of nitrogen functional groups attached to an aromatic ring is 1. The smallest absolute Gasteiger partial charge is 0.412 e. The molecule has 9 nitrogen and oxygen atoms in total.